The van der Waals surface area contributed by atoms with Crippen LogP contribution < -0.4 is 10.9 Å². The smallest absolute Gasteiger partial charge is 0.305 e. The van der Waals surface area contributed by atoms with Crippen LogP contribution in [0.25, 0.3) is 0 Å². The Morgan fingerprint density at radius 2 is 2.23 bits per heavy atom. The van der Waals surface area contributed by atoms with Gasteiger partial charge in [-0.05, 0) is 12.8 Å². The van der Waals surface area contributed by atoms with Crippen molar-refractivity contribution in [1.29, 1.82) is 0 Å². The average molecular weight is 325 g/mol. The molecule has 2 heterocycles. The molecule has 0 radical (unpaired) electrons. The molecule has 22 heavy (non-hydrogen) atoms. The minimum Gasteiger partial charge on any atom is -0.469 e. The largest absolute Gasteiger partial charge is 0.469 e. The van der Waals surface area contributed by atoms with E-state index in [2.05, 4.69) is 15.0 Å². The number of esters is 1. The Morgan fingerprint density at radius 1 is 1.41 bits per heavy atom. The summed E-state index contributed by atoms with van der Waals surface area (Å²) < 4.78 is 6.09. The quantitative estimate of drug-likeness (QED) is 0.453. The Balaban J connectivity index is 1.77. The Morgan fingerprint density at radius 3 is 3.00 bits per heavy atom. The highest BCUT2D eigenvalue weighted by molar-refractivity contribution is 7.99. The summed E-state index contributed by atoms with van der Waals surface area (Å²) in [6, 6.07) is 0. The number of hydrogen-bond acceptors (Lipinski definition) is 6. The van der Waals surface area contributed by atoms with Gasteiger partial charge in [0.05, 0.1) is 7.11 Å². The van der Waals surface area contributed by atoms with E-state index >= 15 is 0 Å². The van der Waals surface area contributed by atoms with Crippen LogP contribution in [0.1, 0.15) is 36.0 Å². The number of hydrogen-bond donors (Lipinski definition) is 1. The van der Waals surface area contributed by atoms with Crippen molar-refractivity contribution in [2.75, 3.05) is 19.4 Å². The normalized spacial score (nSPS) is 12.8. The summed E-state index contributed by atoms with van der Waals surface area (Å²) in [5, 5.41) is 3.39. The minimum atomic E-state index is -0.391. The van der Waals surface area contributed by atoms with Crippen molar-refractivity contribution in [3.05, 3.63) is 22.1 Å². The van der Waals surface area contributed by atoms with Crippen LogP contribution >= 0.6 is 11.8 Å². The van der Waals surface area contributed by atoms with Crippen LogP contribution in [0.2, 0.25) is 0 Å². The number of thioether (sulfide) groups is 1. The maximum Gasteiger partial charge on any atom is 0.305 e. The average Bonchev–Trinajstić information content (AvgIpc) is 3.00. The molecule has 0 aromatic carbocycles. The summed E-state index contributed by atoms with van der Waals surface area (Å²) in [7, 11) is 1.37. The van der Waals surface area contributed by atoms with Gasteiger partial charge in [-0.15, -0.1) is 0 Å². The second kappa shape index (κ2) is 7.98. The lowest BCUT2D eigenvalue weighted by Crippen LogP contribution is -2.33. The van der Waals surface area contributed by atoms with Crippen molar-refractivity contribution < 1.29 is 14.3 Å². The number of nitrogens with one attached hydrogen (secondary N) is 1. The number of rotatable bonds is 7. The third-order valence-electron chi connectivity index (χ3n) is 3.37. The standard InChI is InChI=1S/C14H19N3O4S/c1-21-11(18)5-3-2-4-6-15-12(19)10-9-16-14-17(13(10)20)7-8-22-14/h9H,2-8H2,1H3,(H,15,19). The molecule has 1 aliphatic rings. The highest BCUT2D eigenvalue weighted by atomic mass is 32.2. The summed E-state index contributed by atoms with van der Waals surface area (Å²) in [4.78, 5) is 39.2. The molecule has 7 nitrogen and oxygen atoms in total. The lowest BCUT2D eigenvalue weighted by Gasteiger charge is -2.06. The molecule has 1 aromatic rings. The monoisotopic (exact) mass is 325 g/mol. The Labute approximate surface area is 132 Å². The van der Waals surface area contributed by atoms with Gasteiger partial charge < -0.3 is 10.1 Å². The van der Waals surface area contributed by atoms with E-state index in [1.165, 1.54) is 29.6 Å². The molecule has 0 aliphatic carbocycles. The molecule has 0 saturated heterocycles. The van der Waals surface area contributed by atoms with Crippen LogP contribution in [0.15, 0.2) is 16.1 Å². The molecule has 0 atom stereocenters. The van der Waals surface area contributed by atoms with Crippen LogP contribution in [-0.2, 0) is 16.1 Å². The molecule has 0 saturated carbocycles. The van der Waals surface area contributed by atoms with Gasteiger partial charge in [0.1, 0.15) is 5.56 Å². The fourth-order valence-electron chi connectivity index (χ4n) is 2.14. The van der Waals surface area contributed by atoms with Crippen LogP contribution in [0.4, 0.5) is 0 Å². The maximum absolute atomic E-state index is 12.1. The first-order valence-corrected chi connectivity index (χ1v) is 8.19. The number of ether oxygens (including phenoxy) is 1. The molecular weight excluding hydrogens is 306 g/mol. The van der Waals surface area contributed by atoms with E-state index in [-0.39, 0.29) is 17.1 Å². The first-order valence-electron chi connectivity index (χ1n) is 7.21. The van der Waals surface area contributed by atoms with Gasteiger partial charge in [-0.25, -0.2) is 4.98 Å². The van der Waals surface area contributed by atoms with Crippen molar-refractivity contribution >= 4 is 23.6 Å². The molecule has 8 heteroatoms. The van der Waals surface area contributed by atoms with E-state index in [0.29, 0.717) is 24.7 Å². The molecule has 0 fully saturated rings. The fraction of sp³-hybridized carbons (Fsp3) is 0.571. The minimum absolute atomic E-state index is 0.0841. The number of nitrogens with zero attached hydrogens (tertiary/aromatic N) is 2. The molecule has 0 bridgehead atoms. The SMILES string of the molecule is COC(=O)CCCCCNC(=O)c1cnc2n(c1=O)CCS2. The summed E-state index contributed by atoms with van der Waals surface area (Å²) in [6.45, 7) is 1.07. The second-order valence-corrected chi connectivity index (χ2v) is 5.96. The van der Waals surface area contributed by atoms with E-state index in [4.69, 9.17) is 0 Å². The zero-order chi connectivity index (χ0) is 15.9. The number of fused-ring (bicyclic) bond motifs is 1. The predicted molar refractivity (Wildman–Crippen MR) is 82.0 cm³/mol. The van der Waals surface area contributed by atoms with Gasteiger partial charge in [-0.2, -0.15) is 0 Å². The Kier molecular flexibility index (Phi) is 6.00. The lowest BCUT2D eigenvalue weighted by atomic mass is 10.2. The summed E-state index contributed by atoms with van der Waals surface area (Å²) >= 11 is 1.52. The zero-order valence-corrected chi connectivity index (χ0v) is 13.3. The molecule has 1 amide bonds. The molecular formula is C14H19N3O4S. The number of carbonyl (C=O) groups is 2. The topological polar surface area (TPSA) is 90.3 Å². The number of methoxy groups -OCH3 is 1. The number of aromatic nitrogens is 2. The highest BCUT2D eigenvalue weighted by Gasteiger charge is 2.19. The van der Waals surface area contributed by atoms with E-state index in [9.17, 15) is 14.4 Å². The van der Waals surface area contributed by atoms with Gasteiger partial charge in [0.2, 0.25) is 0 Å². The van der Waals surface area contributed by atoms with E-state index < -0.39 is 5.91 Å². The molecule has 1 aliphatic heterocycles. The van der Waals surface area contributed by atoms with Crippen molar-refractivity contribution in [3.8, 4) is 0 Å². The summed E-state index contributed by atoms with van der Waals surface area (Å²) in [5.41, 5.74) is -0.195. The number of amides is 1. The maximum atomic E-state index is 12.1. The van der Waals surface area contributed by atoms with Gasteiger partial charge in [0, 0.05) is 31.5 Å². The Hall–Kier alpha value is -1.83. The van der Waals surface area contributed by atoms with Gasteiger partial charge in [-0.3, -0.25) is 19.0 Å². The van der Waals surface area contributed by atoms with Gasteiger partial charge in [-0.1, -0.05) is 18.2 Å². The number of unbranched alkanes of at least 4 members (excludes halogenated alkanes) is 2. The molecule has 2 rings (SSSR count). The van der Waals surface area contributed by atoms with E-state index in [1.54, 1.807) is 0 Å². The highest BCUT2D eigenvalue weighted by Crippen LogP contribution is 2.20. The second-order valence-electron chi connectivity index (χ2n) is 4.90. The van der Waals surface area contributed by atoms with Crippen molar-refractivity contribution in [3.63, 3.8) is 0 Å². The zero-order valence-electron chi connectivity index (χ0n) is 12.5. The van der Waals surface area contributed by atoms with Crippen LogP contribution in [0.3, 0.4) is 0 Å². The Bertz CT molecular complexity index is 615. The van der Waals surface area contributed by atoms with Crippen LogP contribution in [0.5, 0.6) is 0 Å². The van der Waals surface area contributed by atoms with Crippen LogP contribution in [-0.4, -0.2) is 40.8 Å². The van der Waals surface area contributed by atoms with Crippen molar-refractivity contribution in [1.82, 2.24) is 14.9 Å². The van der Waals surface area contributed by atoms with Gasteiger partial charge in [0.15, 0.2) is 5.16 Å². The van der Waals surface area contributed by atoms with Gasteiger partial charge >= 0.3 is 5.97 Å². The molecule has 0 spiro atoms. The van der Waals surface area contributed by atoms with E-state index in [1.807, 2.05) is 0 Å². The third-order valence-corrected chi connectivity index (χ3v) is 4.34. The third kappa shape index (κ3) is 4.09. The first kappa shape index (κ1) is 16.5. The van der Waals surface area contributed by atoms with Gasteiger partial charge in [0.25, 0.3) is 11.5 Å². The molecule has 0 unspecified atom stereocenters. The van der Waals surface area contributed by atoms with Crippen molar-refractivity contribution in [2.45, 2.75) is 37.4 Å². The lowest BCUT2D eigenvalue weighted by molar-refractivity contribution is -0.140. The van der Waals surface area contributed by atoms with Crippen LogP contribution in [0, 0.1) is 0 Å². The van der Waals surface area contributed by atoms with Crippen molar-refractivity contribution in [2.24, 2.45) is 0 Å². The molecule has 1 aromatic heterocycles. The summed E-state index contributed by atoms with van der Waals surface area (Å²) in [6.07, 6.45) is 4.02. The molecule has 1 N–H and O–H groups in total. The first-order chi connectivity index (χ1) is 10.6. The molecule has 120 valence electrons. The predicted octanol–water partition coefficient (Wildman–Crippen LogP) is 0.812. The number of carbonyl (C=O) groups excluding carboxylic acids is 2. The fourth-order valence-corrected chi connectivity index (χ4v) is 3.06. The van der Waals surface area contributed by atoms with E-state index in [0.717, 1.165) is 25.0 Å². The summed E-state index contributed by atoms with van der Waals surface area (Å²) in [5.74, 6) is 0.199.